The number of nitrogens with zero attached hydrogens (tertiary/aromatic N) is 4. The van der Waals surface area contributed by atoms with E-state index in [-0.39, 0.29) is 24.2 Å². The van der Waals surface area contributed by atoms with E-state index in [1.165, 1.54) is 6.42 Å². The fourth-order valence-electron chi connectivity index (χ4n) is 4.87. The Hall–Kier alpha value is -3.48. The Morgan fingerprint density at radius 2 is 1.97 bits per heavy atom. The lowest BCUT2D eigenvalue weighted by molar-refractivity contribution is -0.122. The maximum absolute atomic E-state index is 13.0. The number of rotatable bonds is 5. The van der Waals surface area contributed by atoms with E-state index in [1.54, 1.807) is 4.90 Å². The first kappa shape index (κ1) is 21.4. The molecule has 3 heterocycles. The zero-order valence-electron chi connectivity index (χ0n) is 19.0. The molecule has 2 aliphatic heterocycles. The van der Waals surface area contributed by atoms with Crippen molar-refractivity contribution >= 4 is 23.2 Å². The van der Waals surface area contributed by atoms with Gasteiger partial charge in [0.25, 0.3) is 0 Å². The third-order valence-corrected chi connectivity index (χ3v) is 6.66. The van der Waals surface area contributed by atoms with Gasteiger partial charge in [-0.3, -0.25) is 9.59 Å². The molecule has 2 aliphatic rings. The highest BCUT2D eigenvalue weighted by molar-refractivity contribution is 6.04. The number of para-hydroxylation sites is 1. The van der Waals surface area contributed by atoms with Gasteiger partial charge in [0.05, 0.1) is 5.92 Å². The molecule has 0 unspecified atom stereocenters. The van der Waals surface area contributed by atoms with E-state index >= 15 is 0 Å². The van der Waals surface area contributed by atoms with Crippen LogP contribution in [0.15, 0.2) is 48.5 Å². The van der Waals surface area contributed by atoms with Crippen LogP contribution in [0.5, 0.6) is 0 Å². The Bertz CT molecular complexity index is 1180. The van der Waals surface area contributed by atoms with Crippen LogP contribution in [0, 0.1) is 5.92 Å². The minimum absolute atomic E-state index is 0.00375. The first-order valence-corrected chi connectivity index (χ1v) is 11.9. The third-order valence-electron chi connectivity index (χ3n) is 6.66. The molecule has 0 saturated carbocycles. The number of anilines is 2. The van der Waals surface area contributed by atoms with E-state index in [9.17, 15) is 9.59 Å². The molecular weight excluding hydrogens is 414 g/mol. The van der Waals surface area contributed by atoms with Crippen LogP contribution < -0.4 is 10.2 Å². The molecule has 1 aromatic heterocycles. The molecule has 33 heavy (non-hydrogen) atoms. The Morgan fingerprint density at radius 3 is 2.85 bits per heavy atom. The van der Waals surface area contributed by atoms with Gasteiger partial charge in [-0.25, -0.2) is 0 Å². The molecule has 2 aromatic carbocycles. The van der Waals surface area contributed by atoms with Gasteiger partial charge in [0.15, 0.2) is 5.82 Å². The zero-order chi connectivity index (χ0) is 22.8. The number of hydrogen-bond acceptors (Lipinski definition) is 4. The molecule has 0 bridgehead atoms. The van der Waals surface area contributed by atoms with Crippen LogP contribution >= 0.6 is 0 Å². The summed E-state index contributed by atoms with van der Waals surface area (Å²) in [6.45, 7) is 3.40. The van der Waals surface area contributed by atoms with E-state index in [0.717, 1.165) is 60.7 Å². The summed E-state index contributed by atoms with van der Waals surface area (Å²) in [6.07, 6.45) is 5.50. The average molecular weight is 444 g/mol. The van der Waals surface area contributed by atoms with Crippen LogP contribution in [-0.2, 0) is 29.0 Å². The highest BCUT2D eigenvalue weighted by atomic mass is 16.2. The lowest BCUT2D eigenvalue weighted by atomic mass is 10.1. The lowest BCUT2D eigenvalue weighted by Gasteiger charge is -2.20. The van der Waals surface area contributed by atoms with Crippen molar-refractivity contribution in [3.8, 4) is 11.4 Å². The fourth-order valence-corrected chi connectivity index (χ4v) is 4.87. The first-order chi connectivity index (χ1) is 16.1. The number of hydrogen-bond donors (Lipinski definition) is 1. The largest absolute Gasteiger partial charge is 0.326 e. The van der Waals surface area contributed by atoms with Crippen molar-refractivity contribution in [1.29, 1.82) is 0 Å². The van der Waals surface area contributed by atoms with Gasteiger partial charge in [-0.15, -0.1) is 10.2 Å². The van der Waals surface area contributed by atoms with Gasteiger partial charge in [0.1, 0.15) is 5.82 Å². The number of amides is 2. The number of aromatic nitrogens is 3. The standard InChI is InChI=1S/C26H29N5O2/c1-2-18-9-5-6-12-22(18)31-17-20(16-24(31)32)26(33)27-21-11-8-10-19(15-21)25-29-28-23-13-4-3-7-14-30(23)25/h5-6,8-12,15,20H,2-4,7,13-14,16-17H2,1H3,(H,27,33)/t20-/m0/s1. The summed E-state index contributed by atoms with van der Waals surface area (Å²) in [4.78, 5) is 27.5. The normalized spacial score (nSPS) is 18.2. The molecule has 7 nitrogen and oxygen atoms in total. The zero-order valence-corrected chi connectivity index (χ0v) is 19.0. The summed E-state index contributed by atoms with van der Waals surface area (Å²) < 4.78 is 2.20. The first-order valence-electron chi connectivity index (χ1n) is 11.9. The van der Waals surface area contributed by atoms with E-state index in [2.05, 4.69) is 27.0 Å². The van der Waals surface area contributed by atoms with E-state index in [1.807, 2.05) is 48.5 Å². The van der Waals surface area contributed by atoms with Crippen molar-refractivity contribution in [2.45, 2.75) is 52.0 Å². The Labute approximate surface area is 193 Å². The molecule has 2 amide bonds. The van der Waals surface area contributed by atoms with Gasteiger partial charge in [-0.2, -0.15) is 0 Å². The molecular formula is C26H29N5O2. The topological polar surface area (TPSA) is 80.1 Å². The summed E-state index contributed by atoms with van der Waals surface area (Å²) in [7, 11) is 0. The van der Waals surface area contributed by atoms with Crippen LogP contribution in [-0.4, -0.2) is 33.1 Å². The summed E-state index contributed by atoms with van der Waals surface area (Å²) in [5.41, 5.74) is 3.68. The quantitative estimate of drug-likeness (QED) is 0.640. The number of nitrogens with one attached hydrogen (secondary N) is 1. The molecule has 3 aromatic rings. The molecule has 1 fully saturated rings. The maximum atomic E-state index is 13.0. The Kier molecular flexibility index (Phi) is 5.94. The second kappa shape index (κ2) is 9.17. The molecule has 1 saturated heterocycles. The fraction of sp³-hybridized carbons (Fsp3) is 0.385. The van der Waals surface area contributed by atoms with Crippen molar-refractivity contribution in [2.24, 2.45) is 5.92 Å². The number of fused-ring (bicyclic) bond motifs is 1. The summed E-state index contributed by atoms with van der Waals surface area (Å²) in [6, 6.07) is 15.7. The average Bonchev–Trinajstić information content (AvgIpc) is 3.34. The predicted octanol–water partition coefficient (Wildman–Crippen LogP) is 4.23. The van der Waals surface area contributed by atoms with E-state index in [0.29, 0.717) is 12.2 Å². The van der Waals surface area contributed by atoms with Crippen molar-refractivity contribution in [1.82, 2.24) is 14.8 Å². The van der Waals surface area contributed by atoms with Crippen molar-refractivity contribution in [3.05, 3.63) is 59.9 Å². The van der Waals surface area contributed by atoms with E-state index < -0.39 is 0 Å². The van der Waals surface area contributed by atoms with Crippen LogP contribution in [0.3, 0.4) is 0 Å². The SMILES string of the molecule is CCc1ccccc1N1C[C@@H](C(=O)Nc2cccc(-c3nnc4n3CCCCC4)c2)CC1=O. The molecule has 7 heteroatoms. The minimum atomic E-state index is -0.379. The number of benzene rings is 2. The number of aryl methyl sites for hydroxylation is 2. The highest BCUT2D eigenvalue weighted by Gasteiger charge is 2.35. The van der Waals surface area contributed by atoms with Crippen LogP contribution in [0.4, 0.5) is 11.4 Å². The molecule has 0 aliphatic carbocycles. The van der Waals surface area contributed by atoms with Gasteiger partial charge in [-0.05, 0) is 43.0 Å². The molecule has 5 rings (SSSR count). The van der Waals surface area contributed by atoms with Crippen molar-refractivity contribution in [2.75, 3.05) is 16.8 Å². The maximum Gasteiger partial charge on any atom is 0.229 e. The van der Waals surface area contributed by atoms with Gasteiger partial charge in [0, 0.05) is 42.9 Å². The summed E-state index contributed by atoms with van der Waals surface area (Å²) >= 11 is 0. The second-order valence-electron chi connectivity index (χ2n) is 8.86. The van der Waals surface area contributed by atoms with Gasteiger partial charge < -0.3 is 14.8 Å². The summed E-state index contributed by atoms with van der Waals surface area (Å²) in [5.74, 6) is 1.37. The monoisotopic (exact) mass is 443 g/mol. The van der Waals surface area contributed by atoms with E-state index in [4.69, 9.17) is 0 Å². The molecule has 1 N–H and O–H groups in total. The highest BCUT2D eigenvalue weighted by Crippen LogP contribution is 2.30. The smallest absolute Gasteiger partial charge is 0.229 e. The van der Waals surface area contributed by atoms with Crippen LogP contribution in [0.2, 0.25) is 0 Å². The van der Waals surface area contributed by atoms with Gasteiger partial charge in [0.2, 0.25) is 11.8 Å². The Morgan fingerprint density at radius 1 is 1.09 bits per heavy atom. The van der Waals surface area contributed by atoms with Gasteiger partial charge >= 0.3 is 0 Å². The Balaban J connectivity index is 1.31. The molecule has 1 atom stereocenters. The number of carbonyl (C=O) groups excluding carboxylic acids is 2. The third kappa shape index (κ3) is 4.27. The number of carbonyl (C=O) groups is 2. The molecule has 0 radical (unpaired) electrons. The van der Waals surface area contributed by atoms with Crippen molar-refractivity contribution < 1.29 is 9.59 Å². The molecule has 0 spiro atoms. The second-order valence-corrected chi connectivity index (χ2v) is 8.86. The van der Waals surface area contributed by atoms with Crippen molar-refractivity contribution in [3.63, 3.8) is 0 Å². The lowest BCUT2D eigenvalue weighted by Crippen LogP contribution is -2.28. The summed E-state index contributed by atoms with van der Waals surface area (Å²) in [5, 5.41) is 11.8. The van der Waals surface area contributed by atoms with Gasteiger partial charge in [-0.1, -0.05) is 43.7 Å². The minimum Gasteiger partial charge on any atom is -0.326 e. The predicted molar refractivity (Wildman–Crippen MR) is 128 cm³/mol. The van der Waals surface area contributed by atoms with Crippen LogP contribution in [0.1, 0.15) is 44.0 Å². The molecule has 170 valence electrons. The van der Waals surface area contributed by atoms with Crippen LogP contribution in [0.25, 0.3) is 11.4 Å².